The summed E-state index contributed by atoms with van der Waals surface area (Å²) < 4.78 is 0. The summed E-state index contributed by atoms with van der Waals surface area (Å²) in [5.74, 6) is -0.329. The van der Waals surface area contributed by atoms with Gasteiger partial charge in [0.05, 0.1) is 6.54 Å². The van der Waals surface area contributed by atoms with Gasteiger partial charge in [-0.1, -0.05) is 6.58 Å². The van der Waals surface area contributed by atoms with Gasteiger partial charge in [0.15, 0.2) is 5.78 Å². The van der Waals surface area contributed by atoms with Crippen LogP contribution in [0.1, 0.15) is 6.92 Å². The maximum absolute atomic E-state index is 10.6. The topological polar surface area (TPSA) is 69.2 Å². The molecule has 0 saturated heterocycles. The highest BCUT2D eigenvalue weighted by molar-refractivity contribution is 5.96. The van der Waals surface area contributed by atoms with Gasteiger partial charge in [-0.2, -0.15) is 0 Å². The van der Waals surface area contributed by atoms with Crippen molar-refractivity contribution in [2.24, 2.45) is 0 Å². The van der Waals surface area contributed by atoms with Crippen LogP contribution in [0.2, 0.25) is 0 Å². The number of rotatable bonds is 3. The Morgan fingerprint density at radius 3 is 2.40 bits per heavy atom. The summed E-state index contributed by atoms with van der Waals surface area (Å²) in [5, 5.41) is 11.5. The second kappa shape index (κ2) is 3.66. The molecule has 0 bridgehead atoms. The van der Waals surface area contributed by atoms with E-state index in [0.717, 1.165) is 0 Å². The van der Waals surface area contributed by atoms with Crippen molar-refractivity contribution in [3.63, 3.8) is 0 Å². The molecule has 4 heteroatoms. The number of Topliss-reactive ketones (excluding diaryl/α,β-unsaturated/α-hetero) is 1. The van der Waals surface area contributed by atoms with Crippen LogP contribution >= 0.6 is 0 Å². The second-order valence-corrected chi connectivity index (χ2v) is 1.84. The second-order valence-electron chi connectivity index (χ2n) is 1.84. The van der Waals surface area contributed by atoms with E-state index in [0.29, 0.717) is 5.57 Å². The first kappa shape index (κ1) is 8.68. The van der Waals surface area contributed by atoms with Crippen LogP contribution in [0, 0.1) is 0 Å². The third-order valence-electron chi connectivity index (χ3n) is 0.869. The van der Waals surface area contributed by atoms with Crippen molar-refractivity contribution in [3.05, 3.63) is 12.2 Å². The minimum Gasteiger partial charge on any atom is -0.530 e. The Bertz CT molecular complexity index is 174. The van der Waals surface area contributed by atoms with Crippen LogP contribution in [-0.2, 0) is 4.79 Å². The number of amides is 1. The van der Waals surface area contributed by atoms with Crippen LogP contribution in [0.5, 0.6) is 0 Å². The maximum atomic E-state index is 10.6. The summed E-state index contributed by atoms with van der Waals surface area (Å²) in [6, 6.07) is 0. The number of hydrogen-bond acceptors (Lipinski definition) is 3. The molecule has 0 spiro atoms. The molecule has 0 saturated carbocycles. The van der Waals surface area contributed by atoms with Crippen LogP contribution in [0.4, 0.5) is 4.79 Å². The average Bonchev–Trinajstić information content (AvgIpc) is 1.82. The zero-order valence-electron chi connectivity index (χ0n) is 5.64. The molecule has 0 aromatic heterocycles. The smallest absolute Gasteiger partial charge is 0.177 e. The Hall–Kier alpha value is -1.32. The molecule has 56 valence electrons. The van der Waals surface area contributed by atoms with Crippen molar-refractivity contribution < 1.29 is 14.7 Å². The third kappa shape index (κ3) is 3.65. The zero-order chi connectivity index (χ0) is 8.15. The molecule has 10 heavy (non-hydrogen) atoms. The molecular formula is C6H8NO3-. The van der Waals surface area contributed by atoms with Crippen LogP contribution in [0.25, 0.3) is 0 Å². The van der Waals surface area contributed by atoms with Gasteiger partial charge in [-0.25, -0.2) is 0 Å². The van der Waals surface area contributed by atoms with Gasteiger partial charge in [0.1, 0.15) is 6.09 Å². The number of nitrogens with one attached hydrogen (secondary N) is 1. The molecule has 0 fully saturated rings. The Morgan fingerprint density at radius 2 is 2.10 bits per heavy atom. The van der Waals surface area contributed by atoms with Gasteiger partial charge < -0.3 is 15.2 Å². The highest BCUT2D eigenvalue weighted by Crippen LogP contribution is 1.86. The lowest BCUT2D eigenvalue weighted by molar-refractivity contribution is -0.250. The number of carboxylic acid groups (broad SMARTS) is 1. The fraction of sp³-hybridized carbons (Fsp3) is 0.333. The fourth-order valence-corrected chi connectivity index (χ4v) is 0.303. The van der Waals surface area contributed by atoms with Gasteiger partial charge in [0.2, 0.25) is 0 Å². The molecule has 1 N–H and O–H groups in total. The summed E-state index contributed by atoms with van der Waals surface area (Å²) in [4.78, 5) is 20.3. The third-order valence-corrected chi connectivity index (χ3v) is 0.869. The van der Waals surface area contributed by atoms with Gasteiger partial charge in [-0.05, 0) is 12.5 Å². The highest BCUT2D eigenvalue weighted by Gasteiger charge is 1.99. The van der Waals surface area contributed by atoms with E-state index in [2.05, 4.69) is 6.58 Å². The summed E-state index contributed by atoms with van der Waals surface area (Å²) in [6.07, 6.45) is -1.45. The van der Waals surface area contributed by atoms with Crippen molar-refractivity contribution in [2.45, 2.75) is 6.92 Å². The van der Waals surface area contributed by atoms with Gasteiger partial charge >= 0.3 is 0 Å². The molecule has 0 radical (unpaired) electrons. The largest absolute Gasteiger partial charge is 0.530 e. The van der Waals surface area contributed by atoms with Gasteiger partial charge in [0.25, 0.3) is 0 Å². The normalized spacial score (nSPS) is 8.50. The van der Waals surface area contributed by atoms with Crippen molar-refractivity contribution >= 4 is 11.9 Å². The van der Waals surface area contributed by atoms with Gasteiger partial charge in [-0.3, -0.25) is 4.79 Å². The van der Waals surface area contributed by atoms with Crippen LogP contribution < -0.4 is 10.4 Å². The lowest BCUT2D eigenvalue weighted by atomic mass is 10.2. The van der Waals surface area contributed by atoms with Gasteiger partial charge in [0, 0.05) is 0 Å². The van der Waals surface area contributed by atoms with E-state index in [4.69, 9.17) is 0 Å². The van der Waals surface area contributed by atoms with Crippen LogP contribution in [0.15, 0.2) is 12.2 Å². The number of hydrogen-bond donors (Lipinski definition) is 1. The van der Waals surface area contributed by atoms with Crippen molar-refractivity contribution in [1.82, 2.24) is 5.32 Å². The molecular weight excluding hydrogens is 134 g/mol. The predicted octanol–water partition coefficient (Wildman–Crippen LogP) is -0.935. The molecule has 0 rings (SSSR count). The molecule has 4 nitrogen and oxygen atoms in total. The molecule has 0 heterocycles. The van der Waals surface area contributed by atoms with E-state index < -0.39 is 6.09 Å². The van der Waals surface area contributed by atoms with E-state index in [1.807, 2.05) is 5.32 Å². The van der Waals surface area contributed by atoms with E-state index in [9.17, 15) is 14.7 Å². The van der Waals surface area contributed by atoms with E-state index in [-0.39, 0.29) is 12.3 Å². The standard InChI is InChI=1S/C6H9NO3/c1-4(2)5(8)3-7-6(9)10/h7H,1,3H2,2H3,(H,9,10)/p-1. The van der Waals surface area contributed by atoms with Crippen LogP contribution in [-0.4, -0.2) is 18.4 Å². The summed E-state index contributed by atoms with van der Waals surface area (Å²) in [6.45, 7) is 4.59. The average molecular weight is 142 g/mol. The van der Waals surface area contributed by atoms with E-state index in [1.54, 1.807) is 0 Å². The molecule has 0 aliphatic carbocycles. The lowest BCUT2D eigenvalue weighted by Gasteiger charge is -2.03. The van der Waals surface area contributed by atoms with E-state index in [1.165, 1.54) is 6.92 Å². The monoisotopic (exact) mass is 142 g/mol. The van der Waals surface area contributed by atoms with Crippen molar-refractivity contribution in [3.8, 4) is 0 Å². The molecule has 0 aliphatic rings. The predicted molar refractivity (Wildman–Crippen MR) is 33.2 cm³/mol. The molecule has 0 aliphatic heterocycles. The molecule has 0 aromatic carbocycles. The van der Waals surface area contributed by atoms with Crippen molar-refractivity contribution in [2.75, 3.05) is 6.54 Å². The minimum absolute atomic E-state index is 0.252. The first-order valence-electron chi connectivity index (χ1n) is 2.67. The first-order valence-corrected chi connectivity index (χ1v) is 2.67. The Labute approximate surface area is 58.5 Å². The summed E-state index contributed by atoms with van der Waals surface area (Å²) >= 11 is 0. The number of carbonyl (C=O) groups excluding carboxylic acids is 2. The molecule has 0 atom stereocenters. The zero-order valence-corrected chi connectivity index (χ0v) is 5.64. The minimum atomic E-state index is -1.45. The Balaban J connectivity index is 3.60. The van der Waals surface area contributed by atoms with Gasteiger partial charge in [-0.15, -0.1) is 0 Å². The quantitative estimate of drug-likeness (QED) is 0.517. The molecule has 0 unspecified atom stereocenters. The highest BCUT2D eigenvalue weighted by atomic mass is 16.4. The lowest BCUT2D eigenvalue weighted by Crippen LogP contribution is -2.39. The number of carbonyl (C=O) groups is 2. The maximum Gasteiger partial charge on any atom is 0.177 e. The number of ketones is 1. The Kier molecular flexibility index (Phi) is 3.17. The first-order chi connectivity index (χ1) is 4.54. The summed E-state index contributed by atoms with van der Waals surface area (Å²) in [5.41, 5.74) is 0.328. The molecule has 0 aromatic rings. The van der Waals surface area contributed by atoms with Crippen molar-refractivity contribution in [1.29, 1.82) is 0 Å². The fourth-order valence-electron chi connectivity index (χ4n) is 0.303. The van der Waals surface area contributed by atoms with Crippen LogP contribution in [0.3, 0.4) is 0 Å². The van der Waals surface area contributed by atoms with E-state index >= 15 is 0 Å². The summed E-state index contributed by atoms with van der Waals surface area (Å²) in [7, 11) is 0. The molecule has 1 amide bonds. The Morgan fingerprint density at radius 1 is 1.60 bits per heavy atom. The SMILES string of the molecule is C=C(C)C(=O)CNC(=O)[O-].